The summed E-state index contributed by atoms with van der Waals surface area (Å²) in [6, 6.07) is 8.23. The second-order valence-electron chi connectivity index (χ2n) is 5.75. The van der Waals surface area contributed by atoms with Gasteiger partial charge in [-0.2, -0.15) is 0 Å². The number of rotatable bonds is 8. The third-order valence-electron chi connectivity index (χ3n) is 4.19. The third-order valence-corrected chi connectivity index (χ3v) is 4.19. The van der Waals surface area contributed by atoms with Gasteiger partial charge in [0.2, 0.25) is 0 Å². The summed E-state index contributed by atoms with van der Waals surface area (Å²) in [7, 11) is 5.19. The zero-order valence-corrected chi connectivity index (χ0v) is 18.3. The summed E-state index contributed by atoms with van der Waals surface area (Å²) >= 11 is 0. The number of anilines is 1. The normalized spacial score (nSPS) is 14.8. The van der Waals surface area contributed by atoms with Crippen LogP contribution in [0.2, 0.25) is 0 Å². The number of hydrogen-bond donors (Lipinski definition) is 1. The van der Waals surface area contributed by atoms with E-state index in [1.165, 1.54) is 5.69 Å². The minimum absolute atomic E-state index is 0. The van der Waals surface area contributed by atoms with Crippen molar-refractivity contribution in [3.05, 3.63) is 24.3 Å². The Balaban J connectivity index is 0.00000338. The highest BCUT2D eigenvalue weighted by Crippen LogP contribution is 2.20. The molecule has 148 valence electrons. The molecule has 0 radical (unpaired) electrons. The molecular weight excluding hydrogens is 447 g/mol. The molecule has 1 heterocycles. The summed E-state index contributed by atoms with van der Waals surface area (Å²) in [4.78, 5) is 9.06. The van der Waals surface area contributed by atoms with Gasteiger partial charge in [-0.25, -0.2) is 0 Å². The number of nitrogens with zero attached hydrogens (tertiary/aromatic N) is 3. The Kier molecular flexibility index (Phi) is 11.4. The van der Waals surface area contributed by atoms with E-state index in [0.29, 0.717) is 19.8 Å². The van der Waals surface area contributed by atoms with Gasteiger partial charge in [0, 0.05) is 52.6 Å². The van der Waals surface area contributed by atoms with Crippen molar-refractivity contribution in [2.45, 2.75) is 0 Å². The number of ether oxygens (including phenoxy) is 3. The first-order valence-corrected chi connectivity index (χ1v) is 8.69. The number of benzene rings is 1. The summed E-state index contributed by atoms with van der Waals surface area (Å²) in [5.74, 6) is 1.82. The van der Waals surface area contributed by atoms with Crippen LogP contribution in [0, 0.1) is 0 Å². The first kappa shape index (κ1) is 22.8. The van der Waals surface area contributed by atoms with E-state index in [2.05, 4.69) is 32.2 Å². The Bertz CT molecular complexity index is 520. The highest BCUT2D eigenvalue weighted by Gasteiger charge is 2.19. The molecule has 7 nitrogen and oxygen atoms in total. The zero-order chi connectivity index (χ0) is 17.9. The van der Waals surface area contributed by atoms with Crippen molar-refractivity contribution >= 4 is 35.6 Å². The number of nitrogens with one attached hydrogen (secondary N) is 1. The van der Waals surface area contributed by atoms with E-state index in [-0.39, 0.29) is 24.0 Å². The lowest BCUT2D eigenvalue weighted by molar-refractivity contribution is 0.0731. The summed E-state index contributed by atoms with van der Waals surface area (Å²) < 4.78 is 15.6. The first-order chi connectivity index (χ1) is 12.3. The molecule has 1 fully saturated rings. The van der Waals surface area contributed by atoms with Gasteiger partial charge < -0.3 is 29.3 Å². The van der Waals surface area contributed by atoms with E-state index in [0.717, 1.165) is 44.4 Å². The molecule has 1 aliphatic heterocycles. The van der Waals surface area contributed by atoms with Crippen molar-refractivity contribution in [1.29, 1.82) is 0 Å². The molecule has 0 aliphatic carbocycles. The van der Waals surface area contributed by atoms with Crippen LogP contribution < -0.4 is 15.0 Å². The van der Waals surface area contributed by atoms with Crippen LogP contribution in [0.4, 0.5) is 5.69 Å². The summed E-state index contributed by atoms with van der Waals surface area (Å²) in [6.45, 7) is 6.46. The third kappa shape index (κ3) is 7.16. The van der Waals surface area contributed by atoms with Gasteiger partial charge in [0.15, 0.2) is 5.96 Å². The SMILES string of the molecule is CN=C(NCCOCCOC)N1CCN(c2ccc(OC)cc2)CC1.I. The summed E-state index contributed by atoms with van der Waals surface area (Å²) in [5.41, 5.74) is 1.23. The Labute approximate surface area is 173 Å². The number of halogens is 1. The highest BCUT2D eigenvalue weighted by atomic mass is 127. The van der Waals surface area contributed by atoms with Crippen molar-refractivity contribution in [2.24, 2.45) is 4.99 Å². The van der Waals surface area contributed by atoms with Crippen molar-refractivity contribution in [2.75, 3.05) is 78.7 Å². The molecule has 0 atom stereocenters. The van der Waals surface area contributed by atoms with E-state index in [9.17, 15) is 0 Å². The number of guanidine groups is 1. The van der Waals surface area contributed by atoms with Crippen molar-refractivity contribution in [1.82, 2.24) is 10.2 Å². The molecule has 0 bridgehead atoms. The fraction of sp³-hybridized carbons (Fsp3) is 0.611. The molecule has 0 amide bonds. The molecule has 1 saturated heterocycles. The first-order valence-electron chi connectivity index (χ1n) is 8.69. The van der Waals surface area contributed by atoms with Crippen LogP contribution in [0.25, 0.3) is 0 Å². The van der Waals surface area contributed by atoms with E-state index < -0.39 is 0 Å². The predicted molar refractivity (Wildman–Crippen MR) is 116 cm³/mol. The van der Waals surface area contributed by atoms with E-state index in [1.54, 1.807) is 14.2 Å². The lowest BCUT2D eigenvalue weighted by Gasteiger charge is -2.37. The fourth-order valence-electron chi connectivity index (χ4n) is 2.78. The number of aliphatic imine (C=N–C) groups is 1. The van der Waals surface area contributed by atoms with E-state index >= 15 is 0 Å². The van der Waals surface area contributed by atoms with Crippen LogP contribution in [0.3, 0.4) is 0 Å². The summed E-state index contributed by atoms with van der Waals surface area (Å²) in [6.07, 6.45) is 0. The maximum Gasteiger partial charge on any atom is 0.193 e. The topological polar surface area (TPSA) is 58.6 Å². The van der Waals surface area contributed by atoms with Gasteiger partial charge in [-0.3, -0.25) is 4.99 Å². The maximum absolute atomic E-state index is 5.47. The van der Waals surface area contributed by atoms with Crippen molar-refractivity contribution < 1.29 is 14.2 Å². The van der Waals surface area contributed by atoms with Crippen LogP contribution in [-0.4, -0.2) is 84.7 Å². The molecular formula is C18H31IN4O3. The molecule has 0 unspecified atom stereocenters. The molecule has 2 rings (SSSR count). The molecule has 0 saturated carbocycles. The maximum atomic E-state index is 5.47. The van der Waals surface area contributed by atoms with Crippen LogP contribution >= 0.6 is 24.0 Å². The predicted octanol–water partition coefficient (Wildman–Crippen LogP) is 1.67. The quantitative estimate of drug-likeness (QED) is 0.266. The molecule has 26 heavy (non-hydrogen) atoms. The molecule has 1 N–H and O–H groups in total. The minimum atomic E-state index is 0. The standard InChI is InChI=1S/C18H30N4O3.HI/c1-19-18(20-8-13-25-15-14-23-2)22-11-9-21(10-12-22)16-4-6-17(24-3)7-5-16;/h4-7H,8-15H2,1-3H3,(H,19,20);1H. The van der Waals surface area contributed by atoms with Crippen LogP contribution in [0.5, 0.6) is 5.75 Å². The smallest absolute Gasteiger partial charge is 0.193 e. The van der Waals surface area contributed by atoms with Gasteiger partial charge in [0.05, 0.1) is 26.9 Å². The van der Waals surface area contributed by atoms with Gasteiger partial charge in [-0.05, 0) is 24.3 Å². The molecule has 1 aromatic rings. The second-order valence-corrected chi connectivity index (χ2v) is 5.75. The van der Waals surface area contributed by atoms with Gasteiger partial charge in [-0.15, -0.1) is 24.0 Å². The summed E-state index contributed by atoms with van der Waals surface area (Å²) in [5, 5.41) is 3.36. The Morgan fingerprint density at radius 1 is 1.04 bits per heavy atom. The Hall–Kier alpha value is -1.26. The van der Waals surface area contributed by atoms with Crippen LogP contribution in [-0.2, 0) is 9.47 Å². The fourth-order valence-corrected chi connectivity index (χ4v) is 2.78. The van der Waals surface area contributed by atoms with Gasteiger partial charge in [0.25, 0.3) is 0 Å². The van der Waals surface area contributed by atoms with Crippen LogP contribution in [0.15, 0.2) is 29.3 Å². The van der Waals surface area contributed by atoms with Gasteiger partial charge in [0.1, 0.15) is 5.75 Å². The average molecular weight is 478 g/mol. The van der Waals surface area contributed by atoms with E-state index in [1.807, 2.05) is 19.2 Å². The monoisotopic (exact) mass is 478 g/mol. The number of piperazine rings is 1. The minimum Gasteiger partial charge on any atom is -0.497 e. The van der Waals surface area contributed by atoms with Crippen molar-refractivity contribution in [3.8, 4) is 5.75 Å². The molecule has 0 spiro atoms. The number of methoxy groups -OCH3 is 2. The second kappa shape index (κ2) is 13.0. The van der Waals surface area contributed by atoms with Crippen LogP contribution in [0.1, 0.15) is 0 Å². The lowest BCUT2D eigenvalue weighted by Crippen LogP contribution is -2.53. The number of hydrogen-bond acceptors (Lipinski definition) is 5. The zero-order valence-electron chi connectivity index (χ0n) is 15.9. The molecule has 1 aliphatic rings. The average Bonchev–Trinajstić information content (AvgIpc) is 2.68. The molecule has 8 heteroatoms. The lowest BCUT2D eigenvalue weighted by atomic mass is 10.2. The van der Waals surface area contributed by atoms with E-state index in [4.69, 9.17) is 14.2 Å². The van der Waals surface area contributed by atoms with Gasteiger partial charge >= 0.3 is 0 Å². The largest absolute Gasteiger partial charge is 0.497 e. The molecule has 1 aromatic carbocycles. The molecule has 0 aromatic heterocycles. The Morgan fingerprint density at radius 2 is 1.73 bits per heavy atom. The van der Waals surface area contributed by atoms with Gasteiger partial charge in [-0.1, -0.05) is 0 Å². The highest BCUT2D eigenvalue weighted by molar-refractivity contribution is 14.0. The Morgan fingerprint density at radius 3 is 2.31 bits per heavy atom. The van der Waals surface area contributed by atoms with Crippen molar-refractivity contribution in [3.63, 3.8) is 0 Å².